The molecule has 3 atom stereocenters. The molecule has 0 heterocycles. The SMILES string of the molecule is CSCCC(NC(=O)C(N)CCC(N)=O)C(=O)NCC(=O)NC(CC(C)C)C(=O)O. The number of carboxylic acids is 1. The molecule has 8 N–H and O–H groups in total. The third-order valence-corrected chi connectivity index (χ3v) is 4.69. The molecule has 0 aliphatic heterocycles. The zero-order valence-electron chi connectivity index (χ0n) is 17.6. The molecule has 0 rings (SSSR count). The van der Waals surface area contributed by atoms with E-state index in [4.69, 9.17) is 11.5 Å². The Morgan fingerprint density at radius 1 is 1.00 bits per heavy atom. The largest absolute Gasteiger partial charge is 0.480 e. The molecule has 0 saturated carbocycles. The second kappa shape index (κ2) is 14.6. The molecule has 0 aromatic heterocycles. The van der Waals surface area contributed by atoms with Crippen molar-refractivity contribution in [3.8, 4) is 0 Å². The van der Waals surface area contributed by atoms with Crippen LogP contribution in [0.2, 0.25) is 0 Å². The lowest BCUT2D eigenvalue weighted by molar-refractivity contribution is -0.142. The average Bonchev–Trinajstić information content (AvgIpc) is 2.66. The van der Waals surface area contributed by atoms with Gasteiger partial charge in [0, 0.05) is 6.42 Å². The number of hydrogen-bond acceptors (Lipinski definition) is 7. The van der Waals surface area contributed by atoms with Crippen molar-refractivity contribution in [3.63, 3.8) is 0 Å². The van der Waals surface area contributed by atoms with Gasteiger partial charge in [-0.1, -0.05) is 13.8 Å². The number of rotatable bonds is 15. The normalized spacial score (nSPS) is 13.8. The average molecular weight is 448 g/mol. The van der Waals surface area contributed by atoms with Gasteiger partial charge in [-0.25, -0.2) is 4.79 Å². The fourth-order valence-corrected chi connectivity index (χ4v) is 2.91. The van der Waals surface area contributed by atoms with E-state index >= 15 is 0 Å². The molecule has 11 nitrogen and oxygen atoms in total. The van der Waals surface area contributed by atoms with Gasteiger partial charge < -0.3 is 32.5 Å². The molecular formula is C18H33N5O6S. The third-order valence-electron chi connectivity index (χ3n) is 4.05. The van der Waals surface area contributed by atoms with Crippen molar-refractivity contribution in [1.82, 2.24) is 16.0 Å². The van der Waals surface area contributed by atoms with Crippen LogP contribution in [-0.4, -0.2) is 71.4 Å². The predicted molar refractivity (Wildman–Crippen MR) is 113 cm³/mol. The van der Waals surface area contributed by atoms with Crippen molar-refractivity contribution >= 4 is 41.4 Å². The van der Waals surface area contributed by atoms with Crippen molar-refractivity contribution in [2.75, 3.05) is 18.6 Å². The van der Waals surface area contributed by atoms with E-state index in [9.17, 15) is 29.1 Å². The molecule has 172 valence electrons. The molecule has 4 amide bonds. The van der Waals surface area contributed by atoms with Gasteiger partial charge in [-0.15, -0.1) is 0 Å². The Hall–Kier alpha value is -2.34. The molecular weight excluding hydrogens is 414 g/mol. The molecule has 0 aromatic carbocycles. The number of nitrogens with one attached hydrogen (secondary N) is 3. The summed E-state index contributed by atoms with van der Waals surface area (Å²) >= 11 is 1.47. The van der Waals surface area contributed by atoms with Gasteiger partial charge in [-0.3, -0.25) is 19.2 Å². The van der Waals surface area contributed by atoms with Gasteiger partial charge in [0.15, 0.2) is 0 Å². The minimum Gasteiger partial charge on any atom is -0.480 e. The number of aliphatic carboxylic acids is 1. The molecule has 0 radical (unpaired) electrons. The van der Waals surface area contributed by atoms with E-state index in [1.807, 2.05) is 20.1 Å². The quantitative estimate of drug-likeness (QED) is 0.175. The maximum absolute atomic E-state index is 12.4. The second-order valence-corrected chi connectivity index (χ2v) is 8.25. The first-order chi connectivity index (χ1) is 14.0. The van der Waals surface area contributed by atoms with Crippen LogP contribution >= 0.6 is 11.8 Å². The Bertz CT molecular complexity index is 616. The Balaban J connectivity index is 4.78. The summed E-state index contributed by atoms with van der Waals surface area (Å²) in [5.41, 5.74) is 10.7. The molecule has 0 aromatic rings. The summed E-state index contributed by atoms with van der Waals surface area (Å²) in [5, 5.41) is 16.5. The summed E-state index contributed by atoms with van der Waals surface area (Å²) in [4.78, 5) is 58.7. The summed E-state index contributed by atoms with van der Waals surface area (Å²) < 4.78 is 0. The summed E-state index contributed by atoms with van der Waals surface area (Å²) in [5.74, 6) is -2.96. The Morgan fingerprint density at radius 2 is 1.63 bits per heavy atom. The second-order valence-electron chi connectivity index (χ2n) is 7.26. The maximum atomic E-state index is 12.4. The number of carboxylic acid groups (broad SMARTS) is 1. The van der Waals surface area contributed by atoms with Crippen LogP contribution in [0.4, 0.5) is 0 Å². The van der Waals surface area contributed by atoms with Gasteiger partial charge in [0.05, 0.1) is 12.6 Å². The van der Waals surface area contributed by atoms with Crippen molar-refractivity contribution in [2.24, 2.45) is 17.4 Å². The summed E-state index contributed by atoms with van der Waals surface area (Å²) in [6.07, 6.45) is 2.38. The van der Waals surface area contributed by atoms with Crippen LogP contribution in [0, 0.1) is 5.92 Å². The molecule has 30 heavy (non-hydrogen) atoms. The van der Waals surface area contributed by atoms with E-state index < -0.39 is 54.3 Å². The van der Waals surface area contributed by atoms with E-state index in [0.29, 0.717) is 12.2 Å². The van der Waals surface area contributed by atoms with Gasteiger partial charge >= 0.3 is 5.97 Å². The van der Waals surface area contributed by atoms with E-state index in [1.165, 1.54) is 11.8 Å². The van der Waals surface area contributed by atoms with Crippen LogP contribution in [0.3, 0.4) is 0 Å². The molecule has 0 saturated heterocycles. The van der Waals surface area contributed by atoms with Crippen LogP contribution < -0.4 is 27.4 Å². The molecule has 0 spiro atoms. The Labute approximate surface area is 180 Å². The lowest BCUT2D eigenvalue weighted by atomic mass is 10.0. The molecule has 3 unspecified atom stereocenters. The fraction of sp³-hybridized carbons (Fsp3) is 0.722. The smallest absolute Gasteiger partial charge is 0.326 e. The van der Waals surface area contributed by atoms with Gasteiger partial charge in [-0.2, -0.15) is 11.8 Å². The number of amides is 4. The maximum Gasteiger partial charge on any atom is 0.326 e. The molecule has 0 fully saturated rings. The first kappa shape index (κ1) is 27.7. The van der Waals surface area contributed by atoms with E-state index in [2.05, 4.69) is 16.0 Å². The first-order valence-electron chi connectivity index (χ1n) is 9.60. The lowest BCUT2D eigenvalue weighted by Crippen LogP contribution is -2.53. The van der Waals surface area contributed by atoms with Crippen molar-refractivity contribution < 1.29 is 29.1 Å². The first-order valence-corrected chi connectivity index (χ1v) is 11.0. The zero-order valence-corrected chi connectivity index (χ0v) is 18.4. The highest BCUT2D eigenvalue weighted by molar-refractivity contribution is 7.98. The number of carbonyl (C=O) groups is 5. The van der Waals surface area contributed by atoms with Gasteiger partial charge in [-0.05, 0) is 37.2 Å². The molecule has 12 heteroatoms. The van der Waals surface area contributed by atoms with E-state index in [1.54, 1.807) is 0 Å². The van der Waals surface area contributed by atoms with Crippen molar-refractivity contribution in [1.29, 1.82) is 0 Å². The van der Waals surface area contributed by atoms with Crippen LogP contribution in [0.15, 0.2) is 0 Å². The number of hydrogen-bond donors (Lipinski definition) is 6. The monoisotopic (exact) mass is 447 g/mol. The summed E-state index contributed by atoms with van der Waals surface area (Å²) in [7, 11) is 0. The lowest BCUT2D eigenvalue weighted by Gasteiger charge is -2.21. The predicted octanol–water partition coefficient (Wildman–Crippen LogP) is -1.45. The highest BCUT2D eigenvalue weighted by atomic mass is 32.2. The van der Waals surface area contributed by atoms with Gasteiger partial charge in [0.2, 0.25) is 23.6 Å². The summed E-state index contributed by atoms with van der Waals surface area (Å²) in [6, 6.07) is -2.98. The van der Waals surface area contributed by atoms with Crippen LogP contribution in [0.1, 0.15) is 39.5 Å². The van der Waals surface area contributed by atoms with Crippen molar-refractivity contribution in [3.05, 3.63) is 0 Å². The number of primary amides is 1. The van der Waals surface area contributed by atoms with Crippen LogP contribution in [0.5, 0.6) is 0 Å². The fourth-order valence-electron chi connectivity index (χ4n) is 2.44. The number of thioether (sulfide) groups is 1. The van der Waals surface area contributed by atoms with Gasteiger partial charge in [0.1, 0.15) is 12.1 Å². The van der Waals surface area contributed by atoms with E-state index in [-0.39, 0.29) is 25.2 Å². The highest BCUT2D eigenvalue weighted by Gasteiger charge is 2.25. The van der Waals surface area contributed by atoms with Gasteiger partial charge in [0.25, 0.3) is 0 Å². The Morgan fingerprint density at radius 3 is 2.13 bits per heavy atom. The molecule has 0 aliphatic rings. The van der Waals surface area contributed by atoms with Crippen LogP contribution in [-0.2, 0) is 24.0 Å². The number of carbonyl (C=O) groups excluding carboxylic acids is 4. The molecule has 0 aliphatic carbocycles. The van der Waals surface area contributed by atoms with Crippen molar-refractivity contribution in [2.45, 2.75) is 57.7 Å². The van der Waals surface area contributed by atoms with Crippen LogP contribution in [0.25, 0.3) is 0 Å². The summed E-state index contributed by atoms with van der Waals surface area (Å²) in [6.45, 7) is 3.23. The minimum atomic E-state index is -1.15. The topological polar surface area (TPSA) is 194 Å². The third kappa shape index (κ3) is 12.3. The zero-order chi connectivity index (χ0) is 23.3. The standard InChI is InChI=1S/C18H33N5O6S/c1-10(2)8-13(18(28)29)22-15(25)9-21-17(27)12(6-7-30-3)23-16(26)11(19)4-5-14(20)24/h10-13H,4-9,19H2,1-3H3,(H2,20,24)(H,21,27)(H,22,25)(H,23,26)(H,28,29). The number of nitrogens with two attached hydrogens (primary N) is 2. The molecule has 0 bridgehead atoms. The minimum absolute atomic E-state index is 0.0485. The van der Waals surface area contributed by atoms with E-state index in [0.717, 1.165) is 0 Å². The Kier molecular flexibility index (Phi) is 13.5. The highest BCUT2D eigenvalue weighted by Crippen LogP contribution is 2.05.